The molecular formula is C14H23FN2. The van der Waals surface area contributed by atoms with E-state index in [1.54, 1.807) is 12.1 Å². The number of benzene rings is 1. The molecule has 1 atom stereocenters. The van der Waals surface area contributed by atoms with E-state index in [0.29, 0.717) is 5.92 Å². The van der Waals surface area contributed by atoms with Gasteiger partial charge in [-0.25, -0.2) is 4.39 Å². The minimum atomic E-state index is -0.178. The highest BCUT2D eigenvalue weighted by Crippen LogP contribution is 2.08. The summed E-state index contributed by atoms with van der Waals surface area (Å²) in [6.45, 7) is 5.93. The smallest absolute Gasteiger partial charge is 0.123 e. The van der Waals surface area contributed by atoms with E-state index >= 15 is 0 Å². The first-order valence-corrected chi connectivity index (χ1v) is 6.16. The lowest BCUT2D eigenvalue weighted by atomic mass is 10.0. The molecule has 0 aliphatic carbocycles. The van der Waals surface area contributed by atoms with E-state index in [1.165, 1.54) is 6.07 Å². The number of halogens is 1. The Morgan fingerprint density at radius 2 is 2.06 bits per heavy atom. The van der Waals surface area contributed by atoms with Crippen LogP contribution in [0, 0.1) is 11.7 Å². The summed E-state index contributed by atoms with van der Waals surface area (Å²) in [4.78, 5) is 2.14. The van der Waals surface area contributed by atoms with E-state index in [4.69, 9.17) is 5.73 Å². The fourth-order valence-electron chi connectivity index (χ4n) is 2.09. The normalized spacial score (nSPS) is 13.4. The van der Waals surface area contributed by atoms with E-state index in [9.17, 15) is 4.39 Å². The van der Waals surface area contributed by atoms with Gasteiger partial charge < -0.3 is 10.6 Å². The molecule has 0 aliphatic rings. The van der Waals surface area contributed by atoms with Crippen LogP contribution in [-0.2, 0) is 6.54 Å². The fraction of sp³-hybridized carbons (Fsp3) is 0.571. The Bertz CT molecular complexity index is 339. The van der Waals surface area contributed by atoms with Gasteiger partial charge in [0.1, 0.15) is 5.82 Å². The van der Waals surface area contributed by atoms with Gasteiger partial charge in [0.2, 0.25) is 0 Å². The molecule has 1 rings (SSSR count). The van der Waals surface area contributed by atoms with Crippen LogP contribution < -0.4 is 5.73 Å². The van der Waals surface area contributed by atoms with Crippen LogP contribution in [0.5, 0.6) is 0 Å². The van der Waals surface area contributed by atoms with Gasteiger partial charge in [-0.05, 0) is 37.1 Å². The molecule has 0 bridgehead atoms. The maximum Gasteiger partial charge on any atom is 0.123 e. The lowest BCUT2D eigenvalue weighted by Gasteiger charge is -2.22. The average Bonchev–Trinajstić information content (AvgIpc) is 2.14. The SMILES string of the molecule is CC(C)CC(N)CN(C)Cc1cccc(F)c1. The van der Waals surface area contributed by atoms with Crippen molar-refractivity contribution in [3.05, 3.63) is 35.6 Å². The number of rotatable bonds is 6. The molecule has 0 spiro atoms. The van der Waals surface area contributed by atoms with Crippen LogP contribution in [0.15, 0.2) is 24.3 Å². The molecule has 0 aliphatic heterocycles. The third-order valence-electron chi connectivity index (χ3n) is 2.66. The first kappa shape index (κ1) is 14.1. The van der Waals surface area contributed by atoms with Gasteiger partial charge in [0, 0.05) is 19.1 Å². The van der Waals surface area contributed by atoms with E-state index in [1.807, 2.05) is 13.1 Å². The van der Waals surface area contributed by atoms with Crippen molar-refractivity contribution >= 4 is 0 Å². The van der Waals surface area contributed by atoms with Gasteiger partial charge in [-0.1, -0.05) is 26.0 Å². The van der Waals surface area contributed by atoms with Crippen molar-refractivity contribution < 1.29 is 4.39 Å². The summed E-state index contributed by atoms with van der Waals surface area (Å²) in [6.07, 6.45) is 1.02. The van der Waals surface area contributed by atoms with Crippen molar-refractivity contribution in [2.24, 2.45) is 11.7 Å². The monoisotopic (exact) mass is 238 g/mol. The lowest BCUT2D eigenvalue weighted by Crippen LogP contribution is -2.35. The first-order valence-electron chi connectivity index (χ1n) is 6.16. The Labute approximate surface area is 104 Å². The van der Waals surface area contributed by atoms with E-state index < -0.39 is 0 Å². The van der Waals surface area contributed by atoms with Crippen molar-refractivity contribution in [3.8, 4) is 0 Å². The molecule has 96 valence electrons. The van der Waals surface area contributed by atoms with Gasteiger partial charge in [-0.15, -0.1) is 0 Å². The predicted octanol–water partition coefficient (Wildman–Crippen LogP) is 2.63. The second-order valence-corrected chi connectivity index (χ2v) is 5.22. The van der Waals surface area contributed by atoms with Gasteiger partial charge in [-0.2, -0.15) is 0 Å². The average molecular weight is 238 g/mol. The third-order valence-corrected chi connectivity index (χ3v) is 2.66. The number of hydrogen-bond acceptors (Lipinski definition) is 2. The summed E-state index contributed by atoms with van der Waals surface area (Å²) in [6, 6.07) is 6.91. The van der Waals surface area contributed by atoms with Crippen molar-refractivity contribution in [2.45, 2.75) is 32.9 Å². The summed E-state index contributed by atoms with van der Waals surface area (Å²) < 4.78 is 13.0. The third kappa shape index (κ3) is 5.80. The zero-order chi connectivity index (χ0) is 12.8. The Kier molecular flexibility index (Phi) is 5.59. The molecule has 3 heteroatoms. The van der Waals surface area contributed by atoms with Gasteiger partial charge >= 0.3 is 0 Å². The Morgan fingerprint density at radius 1 is 1.35 bits per heavy atom. The maximum atomic E-state index is 13.0. The van der Waals surface area contributed by atoms with Crippen LogP contribution in [0.1, 0.15) is 25.8 Å². The zero-order valence-corrected chi connectivity index (χ0v) is 11.0. The largest absolute Gasteiger partial charge is 0.327 e. The zero-order valence-electron chi connectivity index (χ0n) is 11.0. The molecule has 0 fully saturated rings. The summed E-state index contributed by atoms with van der Waals surface area (Å²) in [5.74, 6) is 0.440. The molecule has 1 aromatic rings. The van der Waals surface area contributed by atoms with Crippen LogP contribution in [0.4, 0.5) is 4.39 Å². The maximum absolute atomic E-state index is 13.0. The molecule has 0 aromatic heterocycles. The standard InChI is InChI=1S/C14H23FN2/c1-11(2)7-14(16)10-17(3)9-12-5-4-6-13(15)8-12/h4-6,8,11,14H,7,9-10,16H2,1-3H3. The molecule has 2 N–H and O–H groups in total. The van der Waals surface area contributed by atoms with Crippen LogP contribution >= 0.6 is 0 Å². The predicted molar refractivity (Wildman–Crippen MR) is 70.2 cm³/mol. The highest BCUT2D eigenvalue weighted by Gasteiger charge is 2.09. The molecular weight excluding hydrogens is 215 g/mol. The molecule has 0 heterocycles. The fourth-order valence-corrected chi connectivity index (χ4v) is 2.09. The van der Waals surface area contributed by atoms with Gasteiger partial charge in [0.05, 0.1) is 0 Å². The lowest BCUT2D eigenvalue weighted by molar-refractivity contribution is 0.287. The minimum absolute atomic E-state index is 0.178. The number of nitrogens with zero attached hydrogens (tertiary/aromatic N) is 1. The second-order valence-electron chi connectivity index (χ2n) is 5.22. The minimum Gasteiger partial charge on any atom is -0.327 e. The molecule has 0 radical (unpaired) electrons. The van der Waals surface area contributed by atoms with Crippen LogP contribution in [0.2, 0.25) is 0 Å². The summed E-state index contributed by atoms with van der Waals surface area (Å²) >= 11 is 0. The first-order chi connectivity index (χ1) is 7.97. The molecule has 1 aromatic carbocycles. The summed E-state index contributed by atoms with van der Waals surface area (Å²) in [7, 11) is 2.02. The Balaban J connectivity index is 2.41. The molecule has 0 amide bonds. The summed E-state index contributed by atoms with van der Waals surface area (Å²) in [5, 5.41) is 0. The van der Waals surface area contributed by atoms with Gasteiger partial charge in [0.15, 0.2) is 0 Å². The highest BCUT2D eigenvalue weighted by molar-refractivity contribution is 5.16. The molecule has 1 unspecified atom stereocenters. The van der Waals surface area contributed by atoms with Crippen molar-refractivity contribution in [3.63, 3.8) is 0 Å². The van der Waals surface area contributed by atoms with Crippen molar-refractivity contribution in [2.75, 3.05) is 13.6 Å². The molecule has 2 nitrogen and oxygen atoms in total. The Hall–Kier alpha value is -0.930. The number of nitrogens with two attached hydrogens (primary N) is 1. The topological polar surface area (TPSA) is 29.3 Å². The highest BCUT2D eigenvalue weighted by atomic mass is 19.1. The van der Waals surface area contributed by atoms with Crippen LogP contribution in [-0.4, -0.2) is 24.5 Å². The molecule has 17 heavy (non-hydrogen) atoms. The van der Waals surface area contributed by atoms with Gasteiger partial charge in [0.25, 0.3) is 0 Å². The number of hydrogen-bond donors (Lipinski definition) is 1. The molecule has 0 saturated carbocycles. The van der Waals surface area contributed by atoms with Crippen molar-refractivity contribution in [1.29, 1.82) is 0 Å². The van der Waals surface area contributed by atoms with E-state index in [2.05, 4.69) is 18.7 Å². The van der Waals surface area contributed by atoms with Gasteiger partial charge in [-0.3, -0.25) is 0 Å². The van der Waals surface area contributed by atoms with Crippen LogP contribution in [0.25, 0.3) is 0 Å². The van der Waals surface area contributed by atoms with Crippen molar-refractivity contribution in [1.82, 2.24) is 4.90 Å². The Morgan fingerprint density at radius 3 is 2.65 bits per heavy atom. The second kappa shape index (κ2) is 6.72. The number of likely N-dealkylation sites (N-methyl/N-ethyl adjacent to an activating group) is 1. The van der Waals surface area contributed by atoms with E-state index in [0.717, 1.165) is 25.1 Å². The summed E-state index contributed by atoms with van der Waals surface area (Å²) in [5.41, 5.74) is 7.03. The van der Waals surface area contributed by atoms with Crippen LogP contribution in [0.3, 0.4) is 0 Å². The van der Waals surface area contributed by atoms with E-state index in [-0.39, 0.29) is 11.9 Å². The molecule has 0 saturated heterocycles. The quantitative estimate of drug-likeness (QED) is 0.825.